The molecule has 33 heavy (non-hydrogen) atoms. The Bertz CT molecular complexity index is 1040. The molecule has 6 heteroatoms. The quantitative estimate of drug-likeness (QED) is 0.340. The number of nitrogens with zero attached hydrogens (tertiary/aromatic N) is 1. The van der Waals surface area contributed by atoms with Crippen LogP contribution in [0.4, 0.5) is 0 Å². The molecule has 170 valence electrons. The third-order valence-electron chi connectivity index (χ3n) is 4.96. The van der Waals surface area contributed by atoms with Gasteiger partial charge in [-0.2, -0.15) is 0 Å². The van der Waals surface area contributed by atoms with Crippen molar-refractivity contribution in [2.75, 3.05) is 20.8 Å². The van der Waals surface area contributed by atoms with Gasteiger partial charge in [-0.05, 0) is 35.4 Å². The van der Waals surface area contributed by atoms with Crippen molar-refractivity contribution in [2.24, 2.45) is 0 Å². The molecule has 3 rings (SSSR count). The maximum absolute atomic E-state index is 12.9. The molecule has 0 heterocycles. The molecule has 0 aliphatic heterocycles. The van der Waals surface area contributed by atoms with Gasteiger partial charge in [0.05, 0.1) is 14.2 Å². The zero-order valence-electron chi connectivity index (χ0n) is 18.8. The highest BCUT2D eigenvalue weighted by atomic mass is 16.5. The van der Waals surface area contributed by atoms with E-state index >= 15 is 0 Å². The molecule has 3 aromatic carbocycles. The van der Waals surface area contributed by atoms with Crippen molar-refractivity contribution in [1.29, 1.82) is 0 Å². The number of carbonyl (C=O) groups is 2. The van der Waals surface area contributed by atoms with Gasteiger partial charge in [0.1, 0.15) is 11.5 Å². The fraction of sp³-hybridized carbons (Fsp3) is 0.185. The zero-order valence-corrected chi connectivity index (χ0v) is 18.8. The molecule has 0 spiro atoms. The van der Waals surface area contributed by atoms with E-state index in [-0.39, 0.29) is 12.5 Å². The second kappa shape index (κ2) is 12.1. The topological polar surface area (TPSA) is 65.1 Å². The van der Waals surface area contributed by atoms with Crippen LogP contribution in [0.25, 0.3) is 6.08 Å². The van der Waals surface area contributed by atoms with Crippen LogP contribution in [0.15, 0.2) is 84.9 Å². The van der Waals surface area contributed by atoms with Crippen LogP contribution in [0, 0.1) is 0 Å². The highest BCUT2D eigenvalue weighted by Crippen LogP contribution is 2.25. The van der Waals surface area contributed by atoms with Crippen molar-refractivity contribution < 1.29 is 23.8 Å². The average Bonchev–Trinajstić information content (AvgIpc) is 2.86. The van der Waals surface area contributed by atoms with Crippen LogP contribution in [0.3, 0.4) is 0 Å². The Morgan fingerprint density at radius 3 is 1.97 bits per heavy atom. The van der Waals surface area contributed by atoms with Crippen LogP contribution in [-0.4, -0.2) is 37.6 Å². The predicted octanol–water partition coefficient (Wildman–Crippen LogP) is 4.49. The summed E-state index contributed by atoms with van der Waals surface area (Å²) in [6, 6.07) is 24.7. The minimum Gasteiger partial charge on any atom is -0.497 e. The number of methoxy groups -OCH3 is 2. The molecule has 0 aromatic heterocycles. The molecule has 3 aromatic rings. The van der Waals surface area contributed by atoms with Gasteiger partial charge in [-0.3, -0.25) is 4.79 Å². The summed E-state index contributed by atoms with van der Waals surface area (Å²) in [5.41, 5.74) is 2.66. The molecule has 0 saturated carbocycles. The monoisotopic (exact) mass is 445 g/mol. The van der Waals surface area contributed by atoms with Gasteiger partial charge < -0.3 is 19.1 Å². The number of amides is 1. The molecule has 1 amide bonds. The number of carbonyl (C=O) groups excluding carboxylic acids is 2. The van der Waals surface area contributed by atoms with Crippen LogP contribution < -0.4 is 9.47 Å². The van der Waals surface area contributed by atoms with Crippen molar-refractivity contribution in [1.82, 2.24) is 4.90 Å². The first kappa shape index (κ1) is 23.6. The van der Waals surface area contributed by atoms with Crippen molar-refractivity contribution in [3.05, 3.63) is 102 Å². The van der Waals surface area contributed by atoms with E-state index in [4.69, 9.17) is 14.2 Å². The van der Waals surface area contributed by atoms with Crippen LogP contribution >= 0.6 is 0 Å². The fourth-order valence-electron chi connectivity index (χ4n) is 3.24. The van der Waals surface area contributed by atoms with Crippen molar-refractivity contribution in [2.45, 2.75) is 13.1 Å². The number of hydrogen-bond acceptors (Lipinski definition) is 5. The Labute approximate surface area is 194 Å². The van der Waals surface area contributed by atoms with E-state index in [0.717, 1.165) is 11.1 Å². The lowest BCUT2D eigenvalue weighted by Gasteiger charge is -2.23. The zero-order chi connectivity index (χ0) is 23.5. The third kappa shape index (κ3) is 7.25. The van der Waals surface area contributed by atoms with E-state index in [1.807, 2.05) is 60.7 Å². The first-order valence-corrected chi connectivity index (χ1v) is 10.5. The van der Waals surface area contributed by atoms with E-state index < -0.39 is 5.97 Å². The molecular weight excluding hydrogens is 418 g/mol. The summed E-state index contributed by atoms with van der Waals surface area (Å²) in [5, 5.41) is 0. The Morgan fingerprint density at radius 1 is 0.818 bits per heavy atom. The fourth-order valence-corrected chi connectivity index (χ4v) is 3.24. The first-order chi connectivity index (χ1) is 16.1. The lowest BCUT2D eigenvalue weighted by atomic mass is 10.1. The normalized spacial score (nSPS) is 10.6. The number of hydrogen-bond donors (Lipinski definition) is 0. The molecule has 0 bridgehead atoms. The van der Waals surface area contributed by atoms with Crippen LogP contribution in [0.1, 0.15) is 16.7 Å². The Kier molecular flexibility index (Phi) is 8.65. The van der Waals surface area contributed by atoms with Crippen LogP contribution in [-0.2, 0) is 27.4 Å². The van der Waals surface area contributed by atoms with Gasteiger partial charge in [0, 0.05) is 24.7 Å². The molecule has 0 fully saturated rings. The van der Waals surface area contributed by atoms with Gasteiger partial charge in [0.25, 0.3) is 5.91 Å². The SMILES string of the molecule is COc1ccc(OC)c(C=CC(=O)OCC(=O)N(Cc2ccccc2)Cc2ccccc2)c1. The molecule has 6 nitrogen and oxygen atoms in total. The van der Waals surface area contributed by atoms with E-state index in [0.29, 0.717) is 30.2 Å². The van der Waals surface area contributed by atoms with Gasteiger partial charge in [-0.15, -0.1) is 0 Å². The second-order valence-corrected chi connectivity index (χ2v) is 7.27. The van der Waals surface area contributed by atoms with E-state index in [9.17, 15) is 9.59 Å². The van der Waals surface area contributed by atoms with Crippen molar-refractivity contribution in [3.63, 3.8) is 0 Å². The first-order valence-electron chi connectivity index (χ1n) is 10.5. The highest BCUT2D eigenvalue weighted by Gasteiger charge is 2.16. The summed E-state index contributed by atoms with van der Waals surface area (Å²) in [6.07, 6.45) is 2.84. The van der Waals surface area contributed by atoms with Gasteiger partial charge in [0.2, 0.25) is 0 Å². The van der Waals surface area contributed by atoms with Gasteiger partial charge in [0.15, 0.2) is 6.61 Å². The average molecular weight is 446 g/mol. The maximum Gasteiger partial charge on any atom is 0.331 e. The number of esters is 1. The predicted molar refractivity (Wildman–Crippen MR) is 127 cm³/mol. The molecular formula is C27H27NO5. The van der Waals surface area contributed by atoms with Gasteiger partial charge in [-0.25, -0.2) is 4.79 Å². The molecule has 0 N–H and O–H groups in total. The number of rotatable bonds is 10. The van der Waals surface area contributed by atoms with E-state index in [2.05, 4.69) is 0 Å². The smallest absolute Gasteiger partial charge is 0.331 e. The minimum atomic E-state index is -0.618. The Balaban J connectivity index is 1.64. The lowest BCUT2D eigenvalue weighted by Crippen LogP contribution is -2.33. The van der Waals surface area contributed by atoms with Crippen molar-refractivity contribution >= 4 is 18.0 Å². The summed E-state index contributed by atoms with van der Waals surface area (Å²) < 4.78 is 15.7. The standard InChI is InChI=1S/C27H27NO5/c1-31-24-14-15-25(32-2)23(17-24)13-16-27(30)33-20-26(29)28(18-21-9-5-3-6-10-21)19-22-11-7-4-8-12-22/h3-17H,18-20H2,1-2H3. The summed E-state index contributed by atoms with van der Waals surface area (Å²) in [7, 11) is 3.11. The maximum atomic E-state index is 12.9. The second-order valence-electron chi connectivity index (χ2n) is 7.27. The number of ether oxygens (including phenoxy) is 3. The molecule has 0 radical (unpaired) electrons. The molecule has 0 aliphatic rings. The van der Waals surface area contributed by atoms with Crippen LogP contribution in [0.5, 0.6) is 11.5 Å². The molecule has 0 aliphatic carbocycles. The van der Waals surface area contributed by atoms with Crippen LogP contribution in [0.2, 0.25) is 0 Å². The lowest BCUT2D eigenvalue weighted by molar-refractivity contribution is -0.148. The summed E-state index contributed by atoms with van der Waals surface area (Å²) in [4.78, 5) is 26.8. The number of benzene rings is 3. The van der Waals surface area contributed by atoms with E-state index in [1.54, 1.807) is 43.4 Å². The van der Waals surface area contributed by atoms with E-state index in [1.165, 1.54) is 6.08 Å². The summed E-state index contributed by atoms with van der Waals surface area (Å²) >= 11 is 0. The Hall–Kier alpha value is -4.06. The summed E-state index contributed by atoms with van der Waals surface area (Å²) in [6.45, 7) is 0.490. The third-order valence-corrected chi connectivity index (χ3v) is 4.96. The van der Waals surface area contributed by atoms with Crippen molar-refractivity contribution in [3.8, 4) is 11.5 Å². The van der Waals surface area contributed by atoms with Gasteiger partial charge >= 0.3 is 5.97 Å². The Morgan fingerprint density at radius 2 is 1.42 bits per heavy atom. The largest absolute Gasteiger partial charge is 0.497 e. The molecule has 0 unspecified atom stereocenters. The molecule has 0 atom stereocenters. The minimum absolute atomic E-state index is 0.275. The van der Waals surface area contributed by atoms with Gasteiger partial charge in [-0.1, -0.05) is 60.7 Å². The molecule has 0 saturated heterocycles. The summed E-state index contributed by atoms with van der Waals surface area (Å²) in [5.74, 6) is 0.334. The highest BCUT2D eigenvalue weighted by molar-refractivity contribution is 5.89.